The number of carbonyl (C=O) groups excluding carboxylic acids is 2. The first-order chi connectivity index (χ1) is 21.9. The number of methoxy groups -OCH3 is 2. The lowest BCUT2D eigenvalue weighted by atomic mass is 9.91. The van der Waals surface area contributed by atoms with Crippen LogP contribution in [0.4, 0.5) is 16.2 Å². The molecule has 0 aliphatic carbocycles. The number of hydrogen-bond acceptors (Lipinski definition) is 10. The topological polar surface area (TPSA) is 144 Å². The number of amides is 2. The van der Waals surface area contributed by atoms with Gasteiger partial charge >= 0.3 is 6.09 Å². The van der Waals surface area contributed by atoms with Gasteiger partial charge in [0.15, 0.2) is 5.60 Å². The smallest absolute Gasteiger partial charge is 0.410 e. The fourth-order valence-electron chi connectivity index (χ4n) is 5.75. The Morgan fingerprint density at radius 2 is 1.63 bits per heavy atom. The maximum absolute atomic E-state index is 13.1. The van der Waals surface area contributed by atoms with Gasteiger partial charge in [-0.3, -0.25) is 14.5 Å². The molecule has 46 heavy (non-hydrogen) atoms. The van der Waals surface area contributed by atoms with E-state index in [0.29, 0.717) is 43.1 Å². The second kappa shape index (κ2) is 12.1. The molecule has 2 aromatic heterocycles. The number of aromatic nitrogens is 4. The average molecular weight is 630 g/mol. The fraction of sp³-hybridized carbons (Fsp3) is 0.424. The molecule has 13 heteroatoms. The summed E-state index contributed by atoms with van der Waals surface area (Å²) in [5, 5.41) is 18.9. The third-order valence-corrected chi connectivity index (χ3v) is 8.16. The van der Waals surface area contributed by atoms with Crippen molar-refractivity contribution in [2.75, 3.05) is 45.7 Å². The Balaban J connectivity index is 1.08. The number of ether oxygens (including phenoxy) is 3. The van der Waals surface area contributed by atoms with Gasteiger partial charge in [-0.15, -0.1) is 0 Å². The van der Waals surface area contributed by atoms with Gasteiger partial charge in [0, 0.05) is 54.4 Å². The van der Waals surface area contributed by atoms with E-state index in [2.05, 4.69) is 15.4 Å². The van der Waals surface area contributed by atoms with Crippen molar-refractivity contribution < 1.29 is 28.9 Å². The van der Waals surface area contributed by atoms with Crippen LogP contribution in [0.15, 0.2) is 55.0 Å². The minimum atomic E-state index is -1.58. The lowest BCUT2D eigenvalue weighted by molar-refractivity contribution is -0.169. The van der Waals surface area contributed by atoms with Gasteiger partial charge in [0.2, 0.25) is 0 Å². The number of hydrogen-bond donors (Lipinski definition) is 2. The SMILES string of the molecule is COc1cc(Nc2ccc3ncc(-c4cnn(C5CCN(C(=O)C6(O)CN(C(=O)OC(C)(C)C)C6)CC5)c4)nc3c2)cc(OC)c1. The molecule has 4 aromatic rings. The second-order valence-corrected chi connectivity index (χ2v) is 12.8. The quantitative estimate of drug-likeness (QED) is 0.302. The molecular formula is C33H39N7O6. The maximum Gasteiger partial charge on any atom is 0.410 e. The van der Waals surface area contributed by atoms with E-state index in [0.717, 1.165) is 28.0 Å². The number of rotatable bonds is 7. The number of aliphatic hydroxyl groups is 1. The van der Waals surface area contributed by atoms with Gasteiger partial charge < -0.3 is 34.4 Å². The Kier molecular flexibility index (Phi) is 8.19. The summed E-state index contributed by atoms with van der Waals surface area (Å²) < 4.78 is 18.0. The van der Waals surface area contributed by atoms with Crippen molar-refractivity contribution in [1.82, 2.24) is 29.5 Å². The van der Waals surface area contributed by atoms with E-state index >= 15 is 0 Å². The van der Waals surface area contributed by atoms with E-state index in [4.69, 9.17) is 19.2 Å². The molecule has 0 atom stereocenters. The third kappa shape index (κ3) is 6.54. The van der Waals surface area contributed by atoms with Crippen LogP contribution >= 0.6 is 0 Å². The van der Waals surface area contributed by atoms with Gasteiger partial charge in [0.05, 0.1) is 62.5 Å². The lowest BCUT2D eigenvalue weighted by Gasteiger charge is -2.47. The van der Waals surface area contributed by atoms with E-state index in [-0.39, 0.29) is 25.0 Å². The highest BCUT2D eigenvalue weighted by molar-refractivity contribution is 5.89. The van der Waals surface area contributed by atoms with Crippen molar-refractivity contribution in [1.29, 1.82) is 0 Å². The predicted octanol–water partition coefficient (Wildman–Crippen LogP) is 4.40. The highest BCUT2D eigenvalue weighted by Crippen LogP contribution is 2.31. The summed E-state index contributed by atoms with van der Waals surface area (Å²) in [5.41, 5.74) is 2.49. The van der Waals surface area contributed by atoms with E-state index in [9.17, 15) is 14.7 Å². The lowest BCUT2D eigenvalue weighted by Crippen LogP contribution is -2.70. The van der Waals surface area contributed by atoms with Crippen molar-refractivity contribution in [2.24, 2.45) is 0 Å². The molecule has 0 radical (unpaired) electrons. The molecule has 2 saturated heterocycles. The summed E-state index contributed by atoms with van der Waals surface area (Å²) in [6, 6.07) is 11.5. The van der Waals surface area contributed by atoms with Crippen molar-refractivity contribution in [3.05, 3.63) is 55.0 Å². The van der Waals surface area contributed by atoms with Crippen molar-refractivity contribution >= 4 is 34.4 Å². The van der Waals surface area contributed by atoms with Crippen LogP contribution in [0.1, 0.15) is 39.7 Å². The summed E-state index contributed by atoms with van der Waals surface area (Å²) in [5.74, 6) is 1.01. The summed E-state index contributed by atoms with van der Waals surface area (Å²) in [6.07, 6.45) is 6.32. The zero-order valence-electron chi connectivity index (χ0n) is 26.7. The normalized spacial score (nSPS) is 16.6. The van der Waals surface area contributed by atoms with Crippen LogP contribution in [0.3, 0.4) is 0 Å². The van der Waals surface area contributed by atoms with Crippen LogP contribution in [0.5, 0.6) is 11.5 Å². The van der Waals surface area contributed by atoms with Gasteiger partial charge in [-0.2, -0.15) is 5.10 Å². The number of fused-ring (bicyclic) bond motifs is 1. The summed E-state index contributed by atoms with van der Waals surface area (Å²) in [6.45, 7) is 6.17. The average Bonchev–Trinajstić information content (AvgIpc) is 3.52. The molecule has 2 fully saturated rings. The first kappa shape index (κ1) is 31.1. The van der Waals surface area contributed by atoms with Crippen LogP contribution in [-0.2, 0) is 9.53 Å². The molecule has 2 amide bonds. The first-order valence-electron chi connectivity index (χ1n) is 15.2. The highest BCUT2D eigenvalue weighted by Gasteiger charge is 2.52. The molecule has 2 N–H and O–H groups in total. The molecule has 6 rings (SSSR count). The molecule has 13 nitrogen and oxygen atoms in total. The van der Waals surface area contributed by atoms with Gasteiger partial charge in [-0.05, 0) is 51.8 Å². The molecule has 242 valence electrons. The number of β-amino-alcohol motifs (C(OH)–C–C–N with tert-alkyl or cyclic N) is 1. The van der Waals surface area contributed by atoms with E-state index in [1.807, 2.05) is 47.3 Å². The van der Waals surface area contributed by atoms with Crippen LogP contribution in [0.25, 0.3) is 22.3 Å². The third-order valence-electron chi connectivity index (χ3n) is 8.16. The minimum absolute atomic E-state index is 0.0662. The Morgan fingerprint density at radius 1 is 0.935 bits per heavy atom. The Labute approximate surface area is 267 Å². The van der Waals surface area contributed by atoms with Crippen LogP contribution in [0.2, 0.25) is 0 Å². The van der Waals surface area contributed by atoms with E-state index in [1.54, 1.807) is 52.3 Å². The Morgan fingerprint density at radius 3 is 2.28 bits per heavy atom. The molecule has 4 heterocycles. The van der Waals surface area contributed by atoms with Gasteiger partial charge in [-0.1, -0.05) is 0 Å². The zero-order valence-corrected chi connectivity index (χ0v) is 26.7. The van der Waals surface area contributed by atoms with Gasteiger partial charge in [0.25, 0.3) is 5.91 Å². The molecule has 0 spiro atoms. The van der Waals surface area contributed by atoms with Gasteiger partial charge in [-0.25, -0.2) is 9.78 Å². The molecule has 0 bridgehead atoms. The number of anilines is 2. The fourth-order valence-corrected chi connectivity index (χ4v) is 5.75. The summed E-state index contributed by atoms with van der Waals surface area (Å²) >= 11 is 0. The maximum atomic E-state index is 13.1. The van der Waals surface area contributed by atoms with Crippen molar-refractivity contribution in [3.63, 3.8) is 0 Å². The molecule has 0 unspecified atom stereocenters. The van der Waals surface area contributed by atoms with E-state index in [1.165, 1.54) is 4.90 Å². The van der Waals surface area contributed by atoms with Crippen molar-refractivity contribution in [3.8, 4) is 22.8 Å². The number of likely N-dealkylation sites (tertiary alicyclic amines) is 2. The Bertz CT molecular complexity index is 1730. The van der Waals surface area contributed by atoms with Crippen LogP contribution in [0, 0.1) is 0 Å². The largest absolute Gasteiger partial charge is 0.497 e. The monoisotopic (exact) mass is 629 g/mol. The predicted molar refractivity (Wildman–Crippen MR) is 171 cm³/mol. The molecule has 2 aliphatic rings. The number of carbonyl (C=O) groups is 2. The highest BCUT2D eigenvalue weighted by atomic mass is 16.6. The number of piperidine rings is 1. The van der Waals surface area contributed by atoms with Crippen molar-refractivity contribution in [2.45, 2.75) is 50.9 Å². The van der Waals surface area contributed by atoms with E-state index < -0.39 is 17.3 Å². The molecule has 2 aromatic carbocycles. The summed E-state index contributed by atoms with van der Waals surface area (Å²) in [4.78, 5) is 37.9. The van der Waals surface area contributed by atoms with Gasteiger partial charge in [0.1, 0.15) is 17.1 Å². The van der Waals surface area contributed by atoms with Crippen LogP contribution in [-0.4, -0.2) is 98.3 Å². The number of nitrogens with zero attached hydrogens (tertiary/aromatic N) is 6. The number of nitrogens with one attached hydrogen (secondary N) is 1. The zero-order chi connectivity index (χ0) is 32.6. The Hall–Kier alpha value is -4.91. The molecular weight excluding hydrogens is 590 g/mol. The molecule has 2 aliphatic heterocycles. The van der Waals surface area contributed by atoms with Crippen LogP contribution < -0.4 is 14.8 Å². The minimum Gasteiger partial charge on any atom is -0.497 e. The summed E-state index contributed by atoms with van der Waals surface area (Å²) in [7, 11) is 3.23. The second-order valence-electron chi connectivity index (χ2n) is 12.8. The standard InChI is InChI=1S/C33H39N7O6/c1-32(2,3)46-31(42)39-19-33(43,20-39)30(41)38-10-8-24(9-11-38)40-18-21(16-35-40)29-17-34-27-7-6-22(14-28(27)37-29)36-23-12-25(44-4)15-26(13-23)45-5/h6-7,12-18,24,36,43H,8-11,19-20H2,1-5H3. The molecule has 0 saturated carbocycles. The number of benzene rings is 2. The first-order valence-corrected chi connectivity index (χ1v) is 15.2.